The molecule has 1 aliphatic heterocycles. The normalized spacial score (nSPS) is 27.2. The van der Waals surface area contributed by atoms with Gasteiger partial charge in [-0.1, -0.05) is 10.7 Å². The third kappa shape index (κ3) is 4.09. The van der Waals surface area contributed by atoms with E-state index in [4.69, 9.17) is 5.73 Å². The lowest BCUT2D eigenvalue weighted by molar-refractivity contribution is -0.117. The van der Waals surface area contributed by atoms with Crippen LogP contribution in [0.25, 0.3) is 0 Å². The first-order chi connectivity index (χ1) is 10.8. The van der Waals surface area contributed by atoms with E-state index in [1.165, 1.54) is 6.07 Å². The van der Waals surface area contributed by atoms with Gasteiger partial charge in [-0.05, 0) is 61.6 Å². The van der Waals surface area contributed by atoms with E-state index in [1.807, 2.05) is 0 Å². The Morgan fingerprint density at radius 3 is 2.54 bits per heavy atom. The number of nitrogens with zero attached hydrogens (tertiary/aromatic N) is 2. The molecular weight excluding hydrogens is 457 g/mol. The smallest absolute Gasteiger partial charge is 0.386 e. The predicted molar refractivity (Wildman–Crippen MR) is 97.8 cm³/mol. The molecule has 2 N–H and O–H groups in total. The molecule has 0 bridgehead atoms. The maximum Gasteiger partial charge on any atom is 0.408 e. The van der Waals surface area contributed by atoms with E-state index in [0.29, 0.717) is 5.56 Å². The second-order valence-corrected chi connectivity index (χ2v) is 9.86. The molecule has 1 aliphatic rings. The molecule has 3 nitrogen and oxygen atoms in total. The van der Waals surface area contributed by atoms with Crippen LogP contribution in [0.3, 0.4) is 0 Å². The summed E-state index contributed by atoms with van der Waals surface area (Å²) in [4.78, 5) is 4.45. The van der Waals surface area contributed by atoms with Gasteiger partial charge in [0, 0.05) is 14.9 Å². The van der Waals surface area contributed by atoms with Crippen molar-refractivity contribution in [1.82, 2.24) is 0 Å². The lowest BCUT2D eigenvalue weighted by Crippen LogP contribution is -2.52. The van der Waals surface area contributed by atoms with E-state index >= 15 is 0 Å². The molecule has 9 heteroatoms. The van der Waals surface area contributed by atoms with Gasteiger partial charge in [0.2, 0.25) is 0 Å². The van der Waals surface area contributed by atoms with Crippen molar-refractivity contribution in [2.45, 2.75) is 37.2 Å². The van der Waals surface area contributed by atoms with E-state index in [2.05, 4.69) is 31.9 Å². The van der Waals surface area contributed by atoms with E-state index < -0.39 is 39.5 Å². The number of halogens is 5. The highest BCUT2D eigenvalue weighted by atomic mass is 127. The van der Waals surface area contributed by atoms with Crippen LogP contribution in [0, 0.1) is 9.39 Å². The van der Waals surface area contributed by atoms with Crippen LogP contribution in [0.1, 0.15) is 26.3 Å². The summed E-state index contributed by atoms with van der Waals surface area (Å²) >= 11 is 2.05. The summed E-state index contributed by atoms with van der Waals surface area (Å²) in [5, 5.41) is 0. The van der Waals surface area contributed by atoms with Gasteiger partial charge in [0.05, 0.1) is 10.3 Å². The molecule has 0 aromatic heterocycles. The second-order valence-electron chi connectivity index (χ2n) is 6.32. The Bertz CT molecular complexity index is 715. The molecule has 0 fully saturated rings. The summed E-state index contributed by atoms with van der Waals surface area (Å²) < 4.78 is 55.9. The van der Waals surface area contributed by atoms with E-state index in [1.54, 1.807) is 32.9 Å². The van der Waals surface area contributed by atoms with Gasteiger partial charge in [-0.2, -0.15) is 13.2 Å². The summed E-state index contributed by atoms with van der Waals surface area (Å²) in [5.74, 6) is -0.0642. The Balaban J connectivity index is 2.53. The topological polar surface area (TPSA) is 50.7 Å². The average molecular weight is 475 g/mol. The average Bonchev–Trinajstić information content (AvgIpc) is 2.43. The van der Waals surface area contributed by atoms with Crippen LogP contribution in [-0.2, 0) is 16.2 Å². The van der Waals surface area contributed by atoms with Crippen molar-refractivity contribution >= 4 is 39.1 Å². The van der Waals surface area contributed by atoms with Crippen molar-refractivity contribution in [2.24, 2.45) is 15.1 Å². The standard InChI is InChI=1S/C15H18F4IN3S/c1-13(2)12(21)23-14(3,8-24(13)22-7-15(17,18)19)10-6-9(20)4-5-11(10)16/h4-6H,7-8H2,1-3H3,(H2,21,23)/t14-,24+/m0/s1. The predicted octanol–water partition coefficient (Wildman–Crippen LogP) is 4.16. The number of aliphatic imine (C=N–C) groups is 1. The third-order valence-electron chi connectivity index (χ3n) is 3.90. The third-order valence-corrected chi connectivity index (χ3v) is 7.23. The number of rotatable bonds is 2. The highest BCUT2D eigenvalue weighted by Gasteiger charge is 2.43. The zero-order valence-corrected chi connectivity index (χ0v) is 16.4. The fraction of sp³-hybridized carbons (Fsp3) is 0.533. The lowest BCUT2D eigenvalue weighted by atomic mass is 9.93. The van der Waals surface area contributed by atoms with Gasteiger partial charge in [-0.3, -0.25) is 9.36 Å². The minimum absolute atomic E-state index is 0.188. The van der Waals surface area contributed by atoms with Crippen molar-refractivity contribution < 1.29 is 17.6 Å². The molecular formula is C15H18F4IN3S. The molecule has 1 heterocycles. The Kier molecular flexibility index (Phi) is 5.35. The fourth-order valence-electron chi connectivity index (χ4n) is 2.41. The first-order valence-corrected chi connectivity index (χ1v) is 9.55. The van der Waals surface area contributed by atoms with Crippen molar-refractivity contribution in [3.63, 3.8) is 0 Å². The minimum atomic E-state index is -4.38. The molecule has 24 heavy (non-hydrogen) atoms. The zero-order chi connectivity index (χ0) is 18.3. The minimum Gasteiger partial charge on any atom is -0.386 e. The maximum atomic E-state index is 14.3. The van der Waals surface area contributed by atoms with Crippen LogP contribution in [-0.4, -0.2) is 29.1 Å². The van der Waals surface area contributed by atoms with Crippen molar-refractivity contribution in [2.75, 3.05) is 12.3 Å². The number of alkyl halides is 3. The monoisotopic (exact) mass is 475 g/mol. The fourth-order valence-corrected chi connectivity index (χ4v) is 5.01. The van der Waals surface area contributed by atoms with Gasteiger partial charge in [0.15, 0.2) is 0 Å². The van der Waals surface area contributed by atoms with Crippen LogP contribution in [0.2, 0.25) is 0 Å². The molecule has 2 rings (SSSR count). The molecule has 134 valence electrons. The molecule has 2 atom stereocenters. The summed E-state index contributed by atoms with van der Waals surface area (Å²) in [7, 11) is -1.04. The SMILES string of the molecule is CC1(C)C(N)=N[C@](C)(c2cc(I)ccc2F)C[S@]1=NCC(F)(F)F. The van der Waals surface area contributed by atoms with Gasteiger partial charge in [0.25, 0.3) is 0 Å². The van der Waals surface area contributed by atoms with Crippen LogP contribution in [0.15, 0.2) is 27.6 Å². The molecule has 0 amide bonds. The number of hydrogen-bond acceptors (Lipinski definition) is 3. The Morgan fingerprint density at radius 2 is 1.96 bits per heavy atom. The van der Waals surface area contributed by atoms with Crippen LogP contribution >= 0.6 is 22.6 Å². The highest BCUT2D eigenvalue weighted by Crippen LogP contribution is 2.37. The van der Waals surface area contributed by atoms with Crippen LogP contribution in [0.4, 0.5) is 17.6 Å². The van der Waals surface area contributed by atoms with E-state index in [0.717, 1.165) is 3.57 Å². The van der Waals surface area contributed by atoms with Crippen LogP contribution < -0.4 is 5.73 Å². The quantitative estimate of drug-likeness (QED) is 0.507. The first kappa shape index (κ1) is 19.6. The van der Waals surface area contributed by atoms with Crippen molar-refractivity contribution in [3.05, 3.63) is 33.1 Å². The molecule has 0 spiro atoms. The van der Waals surface area contributed by atoms with E-state index in [9.17, 15) is 17.6 Å². The van der Waals surface area contributed by atoms with Gasteiger partial charge < -0.3 is 5.73 Å². The Morgan fingerprint density at radius 1 is 1.33 bits per heavy atom. The largest absolute Gasteiger partial charge is 0.408 e. The second kappa shape index (κ2) is 6.54. The first-order valence-electron chi connectivity index (χ1n) is 7.12. The van der Waals surface area contributed by atoms with Gasteiger partial charge >= 0.3 is 6.18 Å². The van der Waals surface area contributed by atoms with Crippen molar-refractivity contribution in [1.29, 1.82) is 0 Å². The summed E-state index contributed by atoms with van der Waals surface area (Å²) in [6.07, 6.45) is -4.38. The van der Waals surface area contributed by atoms with Gasteiger partial charge in [-0.25, -0.2) is 4.39 Å². The molecule has 0 saturated carbocycles. The Hall–Kier alpha value is -0.710. The molecule has 1 aromatic rings. The number of benzene rings is 1. The molecule has 1 aromatic carbocycles. The maximum absolute atomic E-state index is 14.3. The van der Waals surface area contributed by atoms with Crippen molar-refractivity contribution in [3.8, 4) is 0 Å². The van der Waals surface area contributed by atoms with Gasteiger partial charge in [0.1, 0.15) is 18.2 Å². The lowest BCUT2D eigenvalue weighted by Gasteiger charge is -2.40. The summed E-state index contributed by atoms with van der Waals surface area (Å²) in [6.45, 7) is 3.89. The molecule has 0 saturated heterocycles. The summed E-state index contributed by atoms with van der Waals surface area (Å²) in [5.41, 5.74) is 5.32. The highest BCUT2D eigenvalue weighted by molar-refractivity contribution is 14.1. The number of nitrogens with two attached hydrogens (primary N) is 1. The number of amidine groups is 1. The van der Waals surface area contributed by atoms with Crippen LogP contribution in [0.5, 0.6) is 0 Å². The van der Waals surface area contributed by atoms with Gasteiger partial charge in [-0.15, -0.1) is 0 Å². The molecule has 0 aliphatic carbocycles. The molecule has 0 radical (unpaired) electrons. The zero-order valence-electron chi connectivity index (χ0n) is 13.4. The Labute approximate surface area is 154 Å². The summed E-state index contributed by atoms with van der Waals surface area (Å²) in [6, 6.07) is 4.60. The number of hydrogen-bond donors (Lipinski definition) is 1. The van der Waals surface area contributed by atoms with E-state index in [-0.39, 0.29) is 11.6 Å². The molecule has 0 unspecified atom stereocenters.